The number of nitrogens with one attached hydrogen (secondary N) is 1. The highest BCUT2D eigenvalue weighted by atomic mass is 16.5. The van der Waals surface area contributed by atoms with Crippen molar-refractivity contribution in [1.29, 1.82) is 0 Å². The molecule has 0 amide bonds. The van der Waals surface area contributed by atoms with Crippen LogP contribution in [-0.4, -0.2) is 22.7 Å². The Morgan fingerprint density at radius 2 is 2.31 bits per heavy atom. The summed E-state index contributed by atoms with van der Waals surface area (Å²) in [5.74, 6) is 1.71. The molecular weight excluding hydrogens is 202 g/mol. The van der Waals surface area contributed by atoms with E-state index in [2.05, 4.69) is 22.4 Å². The van der Waals surface area contributed by atoms with Crippen molar-refractivity contribution < 1.29 is 4.52 Å². The maximum atomic E-state index is 4.70. The second-order valence-corrected chi connectivity index (χ2v) is 4.86. The summed E-state index contributed by atoms with van der Waals surface area (Å²) in [7, 11) is 0. The van der Waals surface area contributed by atoms with Gasteiger partial charge in [0.1, 0.15) is 0 Å². The Morgan fingerprint density at radius 3 is 3.12 bits per heavy atom. The first kappa shape index (κ1) is 11.6. The molecule has 0 radical (unpaired) electrons. The van der Waals surface area contributed by atoms with E-state index < -0.39 is 0 Å². The van der Waals surface area contributed by atoms with E-state index in [-0.39, 0.29) is 0 Å². The highest BCUT2D eigenvalue weighted by Crippen LogP contribution is 2.22. The lowest BCUT2D eigenvalue weighted by molar-refractivity contribution is 0.405. The normalized spacial score (nSPS) is 26.6. The maximum Gasteiger partial charge on any atom is 0.213 e. The molecule has 2 rings (SSSR count). The lowest BCUT2D eigenvalue weighted by Gasteiger charge is -2.15. The molecule has 4 nitrogen and oxygen atoms in total. The van der Waals surface area contributed by atoms with Gasteiger partial charge < -0.3 is 9.84 Å². The summed E-state index contributed by atoms with van der Waals surface area (Å²) in [6.07, 6.45) is 9.00. The number of rotatable bonds is 4. The summed E-state index contributed by atoms with van der Waals surface area (Å²) in [5.41, 5.74) is 0. The summed E-state index contributed by atoms with van der Waals surface area (Å²) in [6, 6.07) is 0.692. The van der Waals surface area contributed by atoms with Crippen LogP contribution in [0.4, 0.5) is 0 Å². The van der Waals surface area contributed by atoms with Crippen LogP contribution in [0.3, 0.4) is 0 Å². The van der Waals surface area contributed by atoms with Crippen LogP contribution < -0.4 is 5.32 Å². The molecule has 0 aromatic carbocycles. The molecule has 16 heavy (non-hydrogen) atoms. The van der Waals surface area contributed by atoms with E-state index in [4.69, 9.17) is 4.52 Å². The molecule has 1 aromatic heterocycles. The van der Waals surface area contributed by atoms with E-state index in [9.17, 15) is 0 Å². The fourth-order valence-corrected chi connectivity index (χ4v) is 2.38. The second-order valence-electron chi connectivity index (χ2n) is 4.86. The molecule has 2 atom stereocenters. The SMILES string of the molecule is CC1CCCC(NCCc2ncon2)CC1. The third kappa shape index (κ3) is 3.59. The smallest absolute Gasteiger partial charge is 0.213 e. The van der Waals surface area contributed by atoms with Crippen LogP contribution in [0.2, 0.25) is 0 Å². The van der Waals surface area contributed by atoms with Crippen molar-refractivity contribution in [3.05, 3.63) is 12.2 Å². The van der Waals surface area contributed by atoms with Crippen molar-refractivity contribution in [2.24, 2.45) is 5.92 Å². The molecule has 0 saturated heterocycles. The summed E-state index contributed by atoms with van der Waals surface area (Å²) < 4.78 is 4.70. The third-order valence-corrected chi connectivity index (χ3v) is 3.45. The van der Waals surface area contributed by atoms with Gasteiger partial charge in [-0.1, -0.05) is 24.9 Å². The van der Waals surface area contributed by atoms with Crippen LogP contribution in [0.1, 0.15) is 44.9 Å². The highest BCUT2D eigenvalue weighted by Gasteiger charge is 2.15. The summed E-state index contributed by atoms with van der Waals surface area (Å²) >= 11 is 0. The molecule has 0 spiro atoms. The minimum atomic E-state index is 0.692. The fraction of sp³-hybridized carbons (Fsp3) is 0.833. The van der Waals surface area contributed by atoms with E-state index in [0.717, 1.165) is 24.7 Å². The van der Waals surface area contributed by atoms with E-state index in [1.165, 1.54) is 38.5 Å². The van der Waals surface area contributed by atoms with Gasteiger partial charge in [0.2, 0.25) is 6.39 Å². The van der Waals surface area contributed by atoms with E-state index in [1.807, 2.05) is 0 Å². The molecule has 1 N–H and O–H groups in total. The maximum absolute atomic E-state index is 4.70. The average Bonchev–Trinajstić information content (AvgIpc) is 2.70. The largest absolute Gasteiger partial charge is 0.343 e. The molecule has 0 bridgehead atoms. The van der Waals surface area contributed by atoms with Crippen LogP contribution in [0.5, 0.6) is 0 Å². The van der Waals surface area contributed by atoms with Crippen LogP contribution >= 0.6 is 0 Å². The van der Waals surface area contributed by atoms with Crippen molar-refractivity contribution in [3.8, 4) is 0 Å². The van der Waals surface area contributed by atoms with Crippen molar-refractivity contribution in [2.45, 2.75) is 51.5 Å². The summed E-state index contributed by atoms with van der Waals surface area (Å²) in [6.45, 7) is 3.32. The molecule has 1 aliphatic carbocycles. The van der Waals surface area contributed by atoms with E-state index in [1.54, 1.807) is 0 Å². The van der Waals surface area contributed by atoms with Gasteiger partial charge in [-0.15, -0.1) is 0 Å². The fourth-order valence-electron chi connectivity index (χ4n) is 2.38. The van der Waals surface area contributed by atoms with Gasteiger partial charge in [-0.2, -0.15) is 4.98 Å². The number of nitrogens with zero attached hydrogens (tertiary/aromatic N) is 2. The van der Waals surface area contributed by atoms with Gasteiger partial charge in [-0.25, -0.2) is 0 Å². The average molecular weight is 223 g/mol. The quantitative estimate of drug-likeness (QED) is 0.795. The summed E-state index contributed by atoms with van der Waals surface area (Å²) in [5, 5.41) is 7.40. The Bertz CT molecular complexity index is 286. The first-order valence-electron chi connectivity index (χ1n) is 6.33. The van der Waals surface area contributed by atoms with Crippen LogP contribution in [0.25, 0.3) is 0 Å². The molecule has 1 saturated carbocycles. The number of hydrogen-bond acceptors (Lipinski definition) is 4. The lowest BCUT2D eigenvalue weighted by atomic mass is 10.0. The number of hydrogen-bond donors (Lipinski definition) is 1. The molecule has 1 aliphatic rings. The Balaban J connectivity index is 1.65. The van der Waals surface area contributed by atoms with Gasteiger partial charge in [0.25, 0.3) is 0 Å². The summed E-state index contributed by atoms with van der Waals surface area (Å²) in [4.78, 5) is 4.01. The monoisotopic (exact) mass is 223 g/mol. The minimum absolute atomic E-state index is 0.692. The van der Waals surface area contributed by atoms with Crippen LogP contribution in [-0.2, 0) is 6.42 Å². The first-order chi connectivity index (χ1) is 7.84. The zero-order valence-corrected chi connectivity index (χ0v) is 9.98. The van der Waals surface area contributed by atoms with Gasteiger partial charge in [-0.3, -0.25) is 0 Å². The van der Waals surface area contributed by atoms with E-state index in [0.29, 0.717) is 6.04 Å². The van der Waals surface area contributed by atoms with Gasteiger partial charge >= 0.3 is 0 Å². The van der Waals surface area contributed by atoms with Gasteiger partial charge in [-0.05, 0) is 25.2 Å². The number of aromatic nitrogens is 2. The van der Waals surface area contributed by atoms with Crippen molar-refractivity contribution >= 4 is 0 Å². The molecule has 1 aromatic rings. The van der Waals surface area contributed by atoms with Gasteiger partial charge in [0, 0.05) is 19.0 Å². The van der Waals surface area contributed by atoms with Crippen molar-refractivity contribution in [2.75, 3.05) is 6.54 Å². The van der Waals surface area contributed by atoms with Gasteiger partial charge in [0.05, 0.1) is 0 Å². The topological polar surface area (TPSA) is 51.0 Å². The molecule has 90 valence electrons. The standard InChI is InChI=1S/C12H21N3O/c1-10-3-2-4-11(6-5-10)13-8-7-12-14-9-16-15-12/h9-11,13H,2-8H2,1H3. The van der Waals surface area contributed by atoms with Crippen LogP contribution in [0, 0.1) is 5.92 Å². The first-order valence-corrected chi connectivity index (χ1v) is 6.33. The molecule has 1 fully saturated rings. The van der Waals surface area contributed by atoms with Crippen LogP contribution in [0.15, 0.2) is 10.9 Å². The van der Waals surface area contributed by atoms with E-state index >= 15 is 0 Å². The van der Waals surface area contributed by atoms with Crippen molar-refractivity contribution in [1.82, 2.24) is 15.5 Å². The lowest BCUT2D eigenvalue weighted by Crippen LogP contribution is -2.30. The Labute approximate surface area is 96.8 Å². The molecular formula is C12H21N3O. The predicted molar refractivity (Wildman–Crippen MR) is 62.0 cm³/mol. The Morgan fingerprint density at radius 1 is 1.38 bits per heavy atom. The molecule has 1 heterocycles. The highest BCUT2D eigenvalue weighted by molar-refractivity contribution is 4.80. The molecule has 0 aliphatic heterocycles. The zero-order valence-electron chi connectivity index (χ0n) is 9.98. The molecule has 2 unspecified atom stereocenters. The second kappa shape index (κ2) is 5.99. The predicted octanol–water partition coefficient (Wildman–Crippen LogP) is 2.17. The zero-order chi connectivity index (χ0) is 11.2. The third-order valence-electron chi connectivity index (χ3n) is 3.45. The molecule has 4 heteroatoms. The van der Waals surface area contributed by atoms with Gasteiger partial charge in [0.15, 0.2) is 5.82 Å². The Hall–Kier alpha value is -0.900. The van der Waals surface area contributed by atoms with Crippen molar-refractivity contribution in [3.63, 3.8) is 0 Å². The Kier molecular flexibility index (Phi) is 4.34. The minimum Gasteiger partial charge on any atom is -0.343 e.